The zero-order valence-corrected chi connectivity index (χ0v) is 15.4. The molecule has 24 heavy (non-hydrogen) atoms. The first-order valence-corrected chi connectivity index (χ1v) is 10.0. The molecule has 7 heteroatoms. The number of sulfonamides is 1. The van der Waals surface area contributed by atoms with E-state index in [1.807, 2.05) is 26.0 Å². The smallest absolute Gasteiger partial charge is 0.251 e. The van der Waals surface area contributed by atoms with Crippen molar-refractivity contribution in [2.75, 3.05) is 32.6 Å². The highest BCUT2D eigenvalue weighted by molar-refractivity contribution is 7.88. The van der Waals surface area contributed by atoms with Crippen LogP contribution >= 0.6 is 0 Å². The second-order valence-electron chi connectivity index (χ2n) is 6.29. The first-order chi connectivity index (χ1) is 11.3. The zero-order chi connectivity index (χ0) is 17.7. The number of nitrogens with one attached hydrogen (secondary N) is 1. The standard InChI is InChI=1S/C17H26N2O4S/c1-13-4-5-16(14(2)12-13)17(20)18-8-9-19(24(3,21)22)15-6-10-23-11-7-15/h4-5,12,15H,6-11H2,1-3H3,(H,18,20). The summed E-state index contributed by atoms with van der Waals surface area (Å²) in [5, 5.41) is 2.82. The van der Waals surface area contributed by atoms with E-state index >= 15 is 0 Å². The van der Waals surface area contributed by atoms with Gasteiger partial charge >= 0.3 is 0 Å². The molecule has 1 aromatic carbocycles. The fraction of sp³-hybridized carbons (Fsp3) is 0.588. The molecule has 0 aliphatic carbocycles. The lowest BCUT2D eigenvalue weighted by molar-refractivity contribution is 0.0585. The largest absolute Gasteiger partial charge is 0.381 e. The fourth-order valence-electron chi connectivity index (χ4n) is 3.04. The lowest BCUT2D eigenvalue weighted by Gasteiger charge is -2.32. The summed E-state index contributed by atoms with van der Waals surface area (Å²) >= 11 is 0. The summed E-state index contributed by atoms with van der Waals surface area (Å²) in [5.74, 6) is -0.173. The van der Waals surface area contributed by atoms with Gasteiger partial charge in [-0.15, -0.1) is 0 Å². The summed E-state index contributed by atoms with van der Waals surface area (Å²) in [5.41, 5.74) is 2.64. The van der Waals surface area contributed by atoms with Gasteiger partial charge in [0.25, 0.3) is 5.91 Å². The number of rotatable bonds is 6. The Morgan fingerprint density at radius 1 is 1.29 bits per heavy atom. The van der Waals surface area contributed by atoms with Crippen molar-refractivity contribution in [2.24, 2.45) is 0 Å². The summed E-state index contributed by atoms with van der Waals surface area (Å²) in [6.45, 7) is 5.59. The monoisotopic (exact) mass is 354 g/mol. The van der Waals surface area contributed by atoms with Crippen molar-refractivity contribution in [3.8, 4) is 0 Å². The van der Waals surface area contributed by atoms with Crippen LogP contribution in [0.2, 0.25) is 0 Å². The van der Waals surface area contributed by atoms with E-state index in [2.05, 4.69) is 5.32 Å². The highest BCUT2D eigenvalue weighted by Gasteiger charge is 2.28. The molecule has 0 unspecified atom stereocenters. The van der Waals surface area contributed by atoms with Gasteiger partial charge in [-0.1, -0.05) is 17.7 Å². The van der Waals surface area contributed by atoms with Gasteiger partial charge in [0.05, 0.1) is 6.26 Å². The molecule has 1 aliphatic heterocycles. The minimum atomic E-state index is -3.31. The van der Waals surface area contributed by atoms with Crippen LogP contribution in [0.4, 0.5) is 0 Å². The Hall–Kier alpha value is -1.44. The van der Waals surface area contributed by atoms with E-state index in [1.165, 1.54) is 10.6 Å². The lowest BCUT2D eigenvalue weighted by atomic mass is 10.1. The summed E-state index contributed by atoms with van der Waals surface area (Å²) in [6, 6.07) is 5.60. The second-order valence-corrected chi connectivity index (χ2v) is 8.23. The van der Waals surface area contributed by atoms with Crippen molar-refractivity contribution in [2.45, 2.75) is 32.7 Å². The number of amides is 1. The molecule has 1 heterocycles. The van der Waals surface area contributed by atoms with Crippen LogP contribution in [0.1, 0.15) is 34.3 Å². The molecular formula is C17H26N2O4S. The third kappa shape index (κ3) is 5.03. The van der Waals surface area contributed by atoms with Gasteiger partial charge in [0.15, 0.2) is 0 Å². The summed E-state index contributed by atoms with van der Waals surface area (Å²) in [4.78, 5) is 12.3. The van der Waals surface area contributed by atoms with Crippen LogP contribution in [0.25, 0.3) is 0 Å². The van der Waals surface area contributed by atoms with Crippen molar-refractivity contribution in [1.29, 1.82) is 0 Å². The van der Waals surface area contributed by atoms with Crippen LogP contribution in [-0.4, -0.2) is 57.2 Å². The second kappa shape index (κ2) is 8.09. The summed E-state index contributed by atoms with van der Waals surface area (Å²) < 4.78 is 30.9. The van der Waals surface area contributed by atoms with Gasteiger partial charge in [-0.2, -0.15) is 4.31 Å². The molecule has 1 aromatic rings. The third-order valence-corrected chi connectivity index (χ3v) is 5.60. The number of carbonyl (C=O) groups excluding carboxylic acids is 1. The molecule has 0 atom stereocenters. The molecule has 134 valence electrons. The molecule has 1 aliphatic rings. The Morgan fingerprint density at radius 2 is 1.96 bits per heavy atom. The van der Waals surface area contributed by atoms with Crippen LogP contribution in [-0.2, 0) is 14.8 Å². The predicted molar refractivity (Wildman–Crippen MR) is 93.6 cm³/mol. The molecule has 1 saturated heterocycles. The summed E-state index contributed by atoms with van der Waals surface area (Å²) in [6.07, 6.45) is 2.60. The van der Waals surface area contributed by atoms with Crippen LogP contribution in [0.5, 0.6) is 0 Å². The normalized spacial score (nSPS) is 16.3. The van der Waals surface area contributed by atoms with E-state index in [4.69, 9.17) is 4.74 Å². The van der Waals surface area contributed by atoms with E-state index in [0.29, 0.717) is 31.6 Å². The fourth-order valence-corrected chi connectivity index (χ4v) is 4.21. The van der Waals surface area contributed by atoms with Gasteiger partial charge in [-0.25, -0.2) is 8.42 Å². The number of hydrogen-bond donors (Lipinski definition) is 1. The average molecular weight is 354 g/mol. The van der Waals surface area contributed by atoms with Gasteiger partial charge < -0.3 is 10.1 Å². The Bertz CT molecular complexity index is 682. The molecule has 0 bridgehead atoms. The number of carbonyl (C=O) groups is 1. The quantitative estimate of drug-likeness (QED) is 0.839. The topological polar surface area (TPSA) is 75.7 Å². The number of nitrogens with zero attached hydrogens (tertiary/aromatic N) is 1. The third-order valence-electron chi connectivity index (χ3n) is 4.27. The molecule has 0 aromatic heterocycles. The molecule has 1 amide bonds. The van der Waals surface area contributed by atoms with Crippen LogP contribution in [0.3, 0.4) is 0 Å². The number of ether oxygens (including phenoxy) is 1. The molecule has 0 radical (unpaired) electrons. The van der Waals surface area contributed by atoms with E-state index in [0.717, 1.165) is 11.1 Å². The SMILES string of the molecule is Cc1ccc(C(=O)NCCN(C2CCOCC2)S(C)(=O)=O)c(C)c1. The number of benzene rings is 1. The summed E-state index contributed by atoms with van der Waals surface area (Å²) in [7, 11) is -3.31. The zero-order valence-electron chi connectivity index (χ0n) is 14.5. The van der Waals surface area contributed by atoms with Gasteiger partial charge in [-0.3, -0.25) is 4.79 Å². The first-order valence-electron chi connectivity index (χ1n) is 8.19. The van der Waals surface area contributed by atoms with Crippen molar-refractivity contribution in [3.63, 3.8) is 0 Å². The number of hydrogen-bond acceptors (Lipinski definition) is 4. The maximum absolute atomic E-state index is 12.3. The van der Waals surface area contributed by atoms with Crippen molar-refractivity contribution in [1.82, 2.24) is 9.62 Å². The van der Waals surface area contributed by atoms with Gasteiger partial charge in [-0.05, 0) is 38.3 Å². The Morgan fingerprint density at radius 3 is 2.54 bits per heavy atom. The van der Waals surface area contributed by atoms with Crippen LogP contribution in [0, 0.1) is 13.8 Å². The van der Waals surface area contributed by atoms with E-state index in [9.17, 15) is 13.2 Å². The Labute approximate surface area is 144 Å². The number of aryl methyl sites for hydroxylation is 2. The van der Waals surface area contributed by atoms with E-state index in [-0.39, 0.29) is 25.0 Å². The molecule has 0 saturated carbocycles. The van der Waals surface area contributed by atoms with Crippen LogP contribution < -0.4 is 5.32 Å². The highest BCUT2D eigenvalue weighted by Crippen LogP contribution is 2.17. The molecule has 1 fully saturated rings. The predicted octanol–water partition coefficient (Wildman–Crippen LogP) is 1.47. The molecule has 1 N–H and O–H groups in total. The molecular weight excluding hydrogens is 328 g/mol. The Kier molecular flexibility index (Phi) is 6.37. The minimum absolute atomic E-state index is 0.0493. The van der Waals surface area contributed by atoms with E-state index < -0.39 is 10.0 Å². The van der Waals surface area contributed by atoms with Gasteiger partial charge in [0.1, 0.15) is 0 Å². The molecule has 0 spiro atoms. The Balaban J connectivity index is 1.95. The maximum Gasteiger partial charge on any atom is 0.251 e. The minimum Gasteiger partial charge on any atom is -0.381 e. The average Bonchev–Trinajstić information content (AvgIpc) is 2.51. The highest BCUT2D eigenvalue weighted by atomic mass is 32.2. The van der Waals surface area contributed by atoms with Gasteiger partial charge in [0.2, 0.25) is 10.0 Å². The molecule has 2 rings (SSSR count). The lowest BCUT2D eigenvalue weighted by Crippen LogP contribution is -2.46. The van der Waals surface area contributed by atoms with E-state index in [1.54, 1.807) is 6.07 Å². The first kappa shape index (κ1) is 18.9. The van der Waals surface area contributed by atoms with Crippen molar-refractivity contribution >= 4 is 15.9 Å². The van der Waals surface area contributed by atoms with Gasteiger partial charge in [0, 0.05) is 37.9 Å². The maximum atomic E-state index is 12.3. The molecule has 6 nitrogen and oxygen atoms in total. The van der Waals surface area contributed by atoms with Crippen LogP contribution in [0.15, 0.2) is 18.2 Å². The van der Waals surface area contributed by atoms with Crippen molar-refractivity contribution < 1.29 is 17.9 Å². The van der Waals surface area contributed by atoms with Crippen molar-refractivity contribution in [3.05, 3.63) is 34.9 Å².